The molecule has 0 aliphatic heterocycles. The van der Waals surface area contributed by atoms with E-state index in [9.17, 15) is 14.1 Å². The first-order chi connectivity index (χ1) is 15.4. The summed E-state index contributed by atoms with van der Waals surface area (Å²) in [4.78, 5) is 25.5. The third-order valence-corrected chi connectivity index (χ3v) is 6.40. The highest BCUT2D eigenvalue weighted by Crippen LogP contribution is 2.50. The average Bonchev–Trinajstić information content (AvgIpc) is 3.01. The van der Waals surface area contributed by atoms with Crippen molar-refractivity contribution in [1.82, 2.24) is 5.32 Å². The minimum absolute atomic E-state index is 0.192. The molecule has 0 spiro atoms. The Labute approximate surface area is 190 Å². The summed E-state index contributed by atoms with van der Waals surface area (Å²) >= 11 is -1.46. The van der Waals surface area contributed by atoms with Gasteiger partial charge in [-0.1, -0.05) is 6.08 Å². The smallest absolute Gasteiger partial charge is 0.244 e. The van der Waals surface area contributed by atoms with Gasteiger partial charge in [-0.25, -0.2) is 0 Å². The Kier molecular flexibility index (Phi) is 7.48. The number of nitrogens with one attached hydrogen (secondary N) is 1. The molecule has 8 heteroatoms. The fourth-order valence-electron chi connectivity index (χ4n) is 4.06. The lowest BCUT2D eigenvalue weighted by Gasteiger charge is -2.19. The Morgan fingerprint density at radius 3 is 2.47 bits per heavy atom. The van der Waals surface area contributed by atoms with E-state index in [1.807, 2.05) is 6.07 Å². The Hall–Kier alpha value is -2.97. The van der Waals surface area contributed by atoms with Crippen molar-refractivity contribution in [3.05, 3.63) is 57.8 Å². The molecule has 0 aromatic heterocycles. The fraction of sp³-hybridized carbons (Fsp3) is 0.333. The molecule has 0 heterocycles. The standard InChI is InChI=1S/C24H27NO6S/c1-6-7-21(27)25-17-10-8-14-12-19(29-2)23(30-3)24(31-4)22(14)15-9-11-20(32(5)28)18(26)13-16(15)17/h6-7,9,11-13,17H,8,10H2,1-5H3,(H,25,27)/b7-6+/t17-,32?/m0/s1. The number of allylic oxidation sites excluding steroid dienone is 1. The van der Waals surface area contributed by atoms with Crippen LogP contribution in [0, 0.1) is 0 Å². The molecule has 0 radical (unpaired) electrons. The van der Waals surface area contributed by atoms with Crippen LogP contribution in [0.4, 0.5) is 0 Å². The average molecular weight is 458 g/mol. The van der Waals surface area contributed by atoms with Crippen LogP contribution in [0.15, 0.2) is 46.1 Å². The molecule has 0 bridgehead atoms. The van der Waals surface area contributed by atoms with Gasteiger partial charge in [0.1, 0.15) is 6.26 Å². The zero-order valence-electron chi connectivity index (χ0n) is 18.8. The number of fused-ring (bicyclic) bond motifs is 3. The second-order valence-electron chi connectivity index (χ2n) is 7.31. The van der Waals surface area contributed by atoms with Gasteiger partial charge in [-0.05, 0) is 78.0 Å². The minimum Gasteiger partial charge on any atom is -0.612 e. The molecule has 1 amide bonds. The largest absolute Gasteiger partial charge is 0.612 e. The Balaban J connectivity index is 2.38. The van der Waals surface area contributed by atoms with Crippen molar-refractivity contribution in [3.8, 4) is 28.4 Å². The summed E-state index contributed by atoms with van der Waals surface area (Å²) in [5, 5.41) is 2.99. The van der Waals surface area contributed by atoms with E-state index in [2.05, 4.69) is 5.32 Å². The van der Waals surface area contributed by atoms with Crippen molar-refractivity contribution in [2.24, 2.45) is 0 Å². The van der Waals surface area contributed by atoms with Gasteiger partial charge in [0.05, 0.1) is 27.4 Å². The maximum atomic E-state index is 12.9. The summed E-state index contributed by atoms with van der Waals surface area (Å²) in [6, 6.07) is 6.27. The van der Waals surface area contributed by atoms with Crippen molar-refractivity contribution >= 4 is 17.1 Å². The van der Waals surface area contributed by atoms with E-state index in [0.29, 0.717) is 41.2 Å². The number of benzene rings is 1. The van der Waals surface area contributed by atoms with Gasteiger partial charge in [0, 0.05) is 5.56 Å². The van der Waals surface area contributed by atoms with E-state index < -0.39 is 17.2 Å². The van der Waals surface area contributed by atoms with Gasteiger partial charge < -0.3 is 24.1 Å². The van der Waals surface area contributed by atoms with Crippen LogP contribution in [0.2, 0.25) is 0 Å². The van der Waals surface area contributed by atoms with E-state index in [1.54, 1.807) is 39.4 Å². The Bertz CT molecular complexity index is 1110. The minimum atomic E-state index is -1.46. The Morgan fingerprint density at radius 1 is 1.16 bits per heavy atom. The first kappa shape index (κ1) is 23.7. The van der Waals surface area contributed by atoms with Crippen LogP contribution in [0.5, 0.6) is 17.2 Å². The van der Waals surface area contributed by atoms with Crippen molar-refractivity contribution < 1.29 is 23.6 Å². The van der Waals surface area contributed by atoms with Crippen molar-refractivity contribution in [2.45, 2.75) is 30.7 Å². The summed E-state index contributed by atoms with van der Waals surface area (Å²) < 4.78 is 29.0. The second kappa shape index (κ2) is 10.1. The van der Waals surface area contributed by atoms with Crippen LogP contribution in [0.25, 0.3) is 11.1 Å². The molecule has 3 rings (SSSR count). The molecule has 2 aromatic rings. The maximum absolute atomic E-state index is 12.9. The van der Waals surface area contributed by atoms with Crippen LogP contribution < -0.4 is 25.0 Å². The van der Waals surface area contributed by atoms with Crippen molar-refractivity contribution in [1.29, 1.82) is 0 Å². The molecule has 1 aliphatic rings. The zero-order chi connectivity index (χ0) is 23.4. The quantitative estimate of drug-likeness (QED) is 0.529. The molecule has 7 nitrogen and oxygen atoms in total. The summed E-state index contributed by atoms with van der Waals surface area (Å²) in [5.74, 6) is 1.18. The van der Waals surface area contributed by atoms with Crippen LogP contribution in [0.1, 0.15) is 30.5 Å². The van der Waals surface area contributed by atoms with E-state index in [1.165, 1.54) is 25.5 Å². The monoisotopic (exact) mass is 457 g/mol. The normalized spacial score (nSPS) is 15.9. The molecular weight excluding hydrogens is 430 g/mol. The second-order valence-corrected chi connectivity index (χ2v) is 8.66. The third-order valence-electron chi connectivity index (χ3n) is 5.44. The molecule has 1 aliphatic carbocycles. The van der Waals surface area contributed by atoms with E-state index >= 15 is 0 Å². The lowest BCUT2D eigenvalue weighted by atomic mass is 9.95. The SMILES string of the molecule is C/C=C/C(=O)N[C@H]1CCc2cc(OC)c(OC)c(OC)c2-c2ccc([S+](C)[O-])c(=O)cc21. The number of rotatable bonds is 6. The summed E-state index contributed by atoms with van der Waals surface area (Å²) in [6.07, 6.45) is 5.72. The highest BCUT2D eigenvalue weighted by atomic mass is 32.2. The number of methoxy groups -OCH3 is 3. The lowest BCUT2D eigenvalue weighted by Crippen LogP contribution is -2.27. The maximum Gasteiger partial charge on any atom is 0.244 e. The molecule has 1 unspecified atom stereocenters. The first-order valence-corrected chi connectivity index (χ1v) is 11.7. The van der Waals surface area contributed by atoms with Crippen LogP contribution >= 0.6 is 0 Å². The lowest BCUT2D eigenvalue weighted by molar-refractivity contribution is -0.117. The molecule has 170 valence electrons. The van der Waals surface area contributed by atoms with Crippen LogP contribution in [-0.2, 0) is 22.4 Å². The number of aryl methyl sites for hydroxylation is 1. The van der Waals surface area contributed by atoms with Crippen molar-refractivity contribution in [2.75, 3.05) is 27.6 Å². The van der Waals surface area contributed by atoms with E-state index in [4.69, 9.17) is 14.2 Å². The van der Waals surface area contributed by atoms with Gasteiger partial charge in [0.2, 0.25) is 17.1 Å². The fourth-order valence-corrected chi connectivity index (χ4v) is 4.66. The van der Waals surface area contributed by atoms with Crippen LogP contribution in [0.3, 0.4) is 0 Å². The van der Waals surface area contributed by atoms with Gasteiger partial charge in [-0.15, -0.1) is 0 Å². The molecule has 0 fully saturated rings. The number of ether oxygens (including phenoxy) is 3. The predicted molar refractivity (Wildman–Crippen MR) is 124 cm³/mol. The van der Waals surface area contributed by atoms with Gasteiger partial charge in [0.15, 0.2) is 16.4 Å². The number of hydrogen-bond acceptors (Lipinski definition) is 6. The number of carbonyl (C=O) groups is 1. The number of hydrogen-bond donors (Lipinski definition) is 1. The predicted octanol–water partition coefficient (Wildman–Crippen LogP) is 3.16. The summed E-state index contributed by atoms with van der Waals surface area (Å²) in [7, 11) is 4.63. The van der Waals surface area contributed by atoms with E-state index in [0.717, 1.165) is 11.1 Å². The molecular formula is C24H27NO6S. The van der Waals surface area contributed by atoms with Gasteiger partial charge in [-0.3, -0.25) is 9.59 Å². The topological polar surface area (TPSA) is 96.9 Å². The van der Waals surface area contributed by atoms with Crippen molar-refractivity contribution in [3.63, 3.8) is 0 Å². The first-order valence-electron chi connectivity index (χ1n) is 10.1. The van der Waals surface area contributed by atoms with Gasteiger partial charge >= 0.3 is 0 Å². The highest BCUT2D eigenvalue weighted by molar-refractivity contribution is 7.90. The molecule has 0 saturated carbocycles. The molecule has 1 N–H and O–H groups in total. The van der Waals surface area contributed by atoms with Gasteiger partial charge in [-0.2, -0.15) is 0 Å². The summed E-state index contributed by atoms with van der Waals surface area (Å²) in [5.41, 5.74) is 2.68. The van der Waals surface area contributed by atoms with E-state index in [-0.39, 0.29) is 16.2 Å². The summed E-state index contributed by atoms with van der Waals surface area (Å²) in [6.45, 7) is 1.76. The highest BCUT2D eigenvalue weighted by Gasteiger charge is 2.30. The third kappa shape index (κ3) is 4.47. The zero-order valence-corrected chi connectivity index (χ0v) is 19.6. The van der Waals surface area contributed by atoms with Gasteiger partial charge in [0.25, 0.3) is 0 Å². The molecule has 2 atom stereocenters. The Morgan fingerprint density at radius 2 is 1.88 bits per heavy atom. The molecule has 0 saturated heterocycles. The number of amides is 1. The van der Waals surface area contributed by atoms with Crippen LogP contribution in [-0.4, -0.2) is 38.0 Å². The molecule has 32 heavy (non-hydrogen) atoms. The molecule has 2 aromatic carbocycles. The number of carbonyl (C=O) groups excluding carboxylic acids is 1.